The van der Waals surface area contributed by atoms with Gasteiger partial charge in [-0.1, -0.05) is 23.9 Å². The predicted octanol–water partition coefficient (Wildman–Crippen LogP) is 1.01. The number of methoxy groups -OCH3 is 1. The SMILES string of the molecule is COCCCn1c(SCC(N)=O)nc2ccccc2c1=O. The number of amides is 1. The van der Waals surface area contributed by atoms with Gasteiger partial charge in [-0.3, -0.25) is 14.2 Å². The maximum absolute atomic E-state index is 12.5. The number of rotatable bonds is 7. The summed E-state index contributed by atoms with van der Waals surface area (Å²) in [7, 11) is 1.62. The highest BCUT2D eigenvalue weighted by Gasteiger charge is 2.12. The Balaban J connectivity index is 2.43. The molecule has 0 aliphatic heterocycles. The molecule has 2 aromatic rings. The molecule has 6 nitrogen and oxygen atoms in total. The van der Waals surface area contributed by atoms with Crippen LogP contribution in [0.3, 0.4) is 0 Å². The molecule has 0 aliphatic rings. The minimum atomic E-state index is -0.439. The minimum Gasteiger partial charge on any atom is -0.385 e. The summed E-state index contributed by atoms with van der Waals surface area (Å²) in [6, 6.07) is 7.16. The van der Waals surface area contributed by atoms with Gasteiger partial charge in [0.1, 0.15) is 0 Å². The summed E-state index contributed by atoms with van der Waals surface area (Å²) in [5.74, 6) is -0.347. The van der Waals surface area contributed by atoms with Gasteiger partial charge >= 0.3 is 0 Å². The van der Waals surface area contributed by atoms with E-state index in [1.165, 1.54) is 11.8 Å². The summed E-state index contributed by atoms with van der Waals surface area (Å²) >= 11 is 1.18. The Kier molecular flexibility index (Phi) is 5.35. The molecule has 2 N–H and O–H groups in total. The second-order valence-electron chi connectivity index (χ2n) is 4.47. The van der Waals surface area contributed by atoms with Gasteiger partial charge in [0, 0.05) is 20.3 Å². The second kappa shape index (κ2) is 7.24. The van der Waals surface area contributed by atoms with Gasteiger partial charge in [0.05, 0.1) is 16.7 Å². The fraction of sp³-hybridized carbons (Fsp3) is 0.357. The van der Waals surface area contributed by atoms with Gasteiger partial charge in [0.15, 0.2) is 5.16 Å². The highest BCUT2D eigenvalue weighted by molar-refractivity contribution is 7.99. The van der Waals surface area contributed by atoms with Crippen molar-refractivity contribution < 1.29 is 9.53 Å². The van der Waals surface area contributed by atoms with Crippen molar-refractivity contribution in [2.24, 2.45) is 5.73 Å². The molecule has 0 saturated heterocycles. The van der Waals surface area contributed by atoms with E-state index < -0.39 is 5.91 Å². The van der Waals surface area contributed by atoms with E-state index in [0.29, 0.717) is 35.6 Å². The van der Waals surface area contributed by atoms with Crippen LogP contribution in [-0.4, -0.2) is 34.9 Å². The maximum Gasteiger partial charge on any atom is 0.262 e. The fourth-order valence-corrected chi connectivity index (χ4v) is 2.72. The van der Waals surface area contributed by atoms with E-state index in [4.69, 9.17) is 10.5 Å². The molecular weight excluding hydrogens is 290 g/mol. The summed E-state index contributed by atoms with van der Waals surface area (Å²) in [6.45, 7) is 1.05. The Bertz CT molecular complexity index is 699. The van der Waals surface area contributed by atoms with Crippen molar-refractivity contribution in [3.8, 4) is 0 Å². The van der Waals surface area contributed by atoms with E-state index >= 15 is 0 Å². The third-order valence-corrected chi connectivity index (χ3v) is 3.90. The van der Waals surface area contributed by atoms with E-state index in [-0.39, 0.29) is 11.3 Å². The van der Waals surface area contributed by atoms with Gasteiger partial charge in [-0.15, -0.1) is 0 Å². The average Bonchev–Trinajstić information content (AvgIpc) is 2.48. The van der Waals surface area contributed by atoms with E-state index in [9.17, 15) is 9.59 Å². The first-order valence-corrected chi connectivity index (χ1v) is 7.51. The van der Waals surface area contributed by atoms with Crippen molar-refractivity contribution in [1.29, 1.82) is 0 Å². The number of thioether (sulfide) groups is 1. The largest absolute Gasteiger partial charge is 0.385 e. The molecule has 2 rings (SSSR count). The third kappa shape index (κ3) is 3.83. The van der Waals surface area contributed by atoms with Crippen LogP contribution in [0.5, 0.6) is 0 Å². The van der Waals surface area contributed by atoms with Crippen molar-refractivity contribution in [2.45, 2.75) is 18.1 Å². The van der Waals surface area contributed by atoms with Gasteiger partial charge in [0.25, 0.3) is 5.56 Å². The first kappa shape index (κ1) is 15.5. The molecule has 0 aliphatic carbocycles. The zero-order valence-electron chi connectivity index (χ0n) is 11.7. The Morgan fingerprint density at radius 2 is 2.19 bits per heavy atom. The van der Waals surface area contributed by atoms with Crippen LogP contribution < -0.4 is 11.3 Å². The molecule has 0 bridgehead atoms. The van der Waals surface area contributed by atoms with Crippen molar-refractivity contribution >= 4 is 28.6 Å². The zero-order valence-corrected chi connectivity index (χ0v) is 12.6. The van der Waals surface area contributed by atoms with Gasteiger partial charge in [-0.05, 0) is 18.6 Å². The van der Waals surface area contributed by atoms with Gasteiger partial charge in [-0.25, -0.2) is 4.98 Å². The van der Waals surface area contributed by atoms with Crippen LogP contribution >= 0.6 is 11.8 Å². The van der Waals surface area contributed by atoms with Gasteiger partial charge in [-0.2, -0.15) is 0 Å². The van der Waals surface area contributed by atoms with Crippen molar-refractivity contribution in [2.75, 3.05) is 19.5 Å². The Morgan fingerprint density at radius 3 is 2.90 bits per heavy atom. The van der Waals surface area contributed by atoms with Crippen LogP contribution in [0.4, 0.5) is 0 Å². The van der Waals surface area contributed by atoms with E-state index in [1.54, 1.807) is 29.9 Å². The number of fused-ring (bicyclic) bond motifs is 1. The smallest absolute Gasteiger partial charge is 0.262 e. The molecule has 0 atom stereocenters. The lowest BCUT2D eigenvalue weighted by Gasteiger charge is -2.12. The maximum atomic E-state index is 12.5. The number of nitrogens with zero attached hydrogens (tertiary/aromatic N) is 2. The van der Waals surface area contributed by atoms with Crippen LogP contribution in [0.1, 0.15) is 6.42 Å². The van der Waals surface area contributed by atoms with Crippen LogP contribution in [0.25, 0.3) is 10.9 Å². The normalized spacial score (nSPS) is 10.9. The molecule has 1 aromatic carbocycles. The number of carbonyl (C=O) groups is 1. The molecule has 0 unspecified atom stereocenters. The quantitative estimate of drug-likeness (QED) is 0.468. The first-order valence-electron chi connectivity index (χ1n) is 6.53. The Labute approximate surface area is 126 Å². The van der Waals surface area contributed by atoms with E-state index in [0.717, 1.165) is 0 Å². The molecule has 0 spiro atoms. The molecule has 0 radical (unpaired) electrons. The predicted molar refractivity (Wildman–Crippen MR) is 82.4 cm³/mol. The van der Waals surface area contributed by atoms with E-state index in [1.807, 2.05) is 6.07 Å². The molecule has 21 heavy (non-hydrogen) atoms. The summed E-state index contributed by atoms with van der Waals surface area (Å²) in [5.41, 5.74) is 5.68. The lowest BCUT2D eigenvalue weighted by Crippen LogP contribution is -2.25. The van der Waals surface area contributed by atoms with Gasteiger partial charge < -0.3 is 10.5 Å². The molecule has 1 aromatic heterocycles. The number of carbonyl (C=O) groups excluding carboxylic acids is 1. The number of primary amides is 1. The van der Waals surface area contributed by atoms with E-state index in [2.05, 4.69) is 4.98 Å². The van der Waals surface area contributed by atoms with Crippen molar-refractivity contribution in [3.05, 3.63) is 34.6 Å². The lowest BCUT2D eigenvalue weighted by atomic mass is 10.2. The van der Waals surface area contributed by atoms with Crippen molar-refractivity contribution in [1.82, 2.24) is 9.55 Å². The number of nitrogens with two attached hydrogens (primary N) is 1. The summed E-state index contributed by atoms with van der Waals surface area (Å²) < 4.78 is 6.59. The number of aromatic nitrogens is 2. The Hall–Kier alpha value is -1.86. The summed E-state index contributed by atoms with van der Waals surface area (Å²) in [5, 5.41) is 1.08. The van der Waals surface area contributed by atoms with Gasteiger partial charge in [0.2, 0.25) is 5.91 Å². The first-order chi connectivity index (χ1) is 10.1. The second-order valence-corrected chi connectivity index (χ2v) is 5.41. The van der Waals surface area contributed by atoms with Crippen LogP contribution in [0.2, 0.25) is 0 Å². The third-order valence-electron chi connectivity index (χ3n) is 2.90. The molecular formula is C14H17N3O3S. The molecule has 1 amide bonds. The lowest BCUT2D eigenvalue weighted by molar-refractivity contribution is -0.115. The molecule has 7 heteroatoms. The Morgan fingerprint density at radius 1 is 1.43 bits per heavy atom. The molecule has 0 saturated carbocycles. The van der Waals surface area contributed by atoms with Crippen LogP contribution in [-0.2, 0) is 16.1 Å². The monoisotopic (exact) mass is 307 g/mol. The summed E-state index contributed by atoms with van der Waals surface area (Å²) in [4.78, 5) is 28.0. The zero-order chi connectivity index (χ0) is 15.2. The van der Waals surface area contributed by atoms with Crippen LogP contribution in [0.15, 0.2) is 34.2 Å². The molecule has 1 heterocycles. The highest BCUT2D eigenvalue weighted by atomic mass is 32.2. The number of ether oxygens (including phenoxy) is 1. The topological polar surface area (TPSA) is 87.2 Å². The summed E-state index contributed by atoms with van der Waals surface area (Å²) in [6.07, 6.45) is 0.695. The fourth-order valence-electron chi connectivity index (χ4n) is 1.96. The number of benzene rings is 1. The molecule has 0 fully saturated rings. The van der Waals surface area contributed by atoms with Crippen molar-refractivity contribution in [3.63, 3.8) is 0 Å². The highest BCUT2D eigenvalue weighted by Crippen LogP contribution is 2.17. The standard InChI is InChI=1S/C14H17N3O3S/c1-20-8-4-7-17-13(19)10-5-2-3-6-11(10)16-14(17)21-9-12(15)18/h2-3,5-6H,4,7-9H2,1H3,(H2,15,18). The number of para-hydroxylation sites is 1. The number of hydrogen-bond donors (Lipinski definition) is 1. The van der Waals surface area contributed by atoms with Crippen LogP contribution in [0, 0.1) is 0 Å². The minimum absolute atomic E-state index is 0.0923. The number of hydrogen-bond acceptors (Lipinski definition) is 5. The molecule has 112 valence electrons. The average molecular weight is 307 g/mol.